The molecular weight excluding hydrogens is 354 g/mol. The van der Waals surface area contributed by atoms with Gasteiger partial charge in [0.15, 0.2) is 16.4 Å². The third-order valence-electron chi connectivity index (χ3n) is 3.80. The second kappa shape index (κ2) is 8.14. The predicted octanol–water partition coefficient (Wildman–Crippen LogP) is 2.21. The van der Waals surface area contributed by atoms with Crippen LogP contribution in [0.25, 0.3) is 0 Å². The molecule has 6 nitrogen and oxygen atoms in total. The predicted molar refractivity (Wildman–Crippen MR) is 97.5 cm³/mol. The molecule has 0 aliphatic carbocycles. The highest BCUT2D eigenvalue weighted by atomic mass is 32.2. The van der Waals surface area contributed by atoms with E-state index in [1.807, 2.05) is 31.2 Å². The lowest BCUT2D eigenvalue weighted by Gasteiger charge is -2.17. The topological polar surface area (TPSA) is 80.8 Å². The first-order valence-corrected chi connectivity index (χ1v) is 9.83. The minimum absolute atomic E-state index is 0.0796. The van der Waals surface area contributed by atoms with E-state index in [2.05, 4.69) is 0 Å². The van der Waals surface area contributed by atoms with Crippen molar-refractivity contribution in [1.29, 1.82) is 0 Å². The van der Waals surface area contributed by atoms with Gasteiger partial charge in [0, 0.05) is 19.8 Å². The average molecular weight is 375 g/mol. The number of ether oxygens (including phenoxy) is 1. The first kappa shape index (κ1) is 19.7. The molecule has 2 rings (SSSR count). The fourth-order valence-electron chi connectivity index (χ4n) is 2.33. The van der Waals surface area contributed by atoms with Gasteiger partial charge in [0.2, 0.25) is 0 Å². The van der Waals surface area contributed by atoms with Crippen molar-refractivity contribution in [2.45, 2.75) is 18.4 Å². The molecule has 0 aliphatic heterocycles. The Morgan fingerprint density at radius 2 is 1.65 bits per heavy atom. The summed E-state index contributed by atoms with van der Waals surface area (Å²) in [6, 6.07) is 13.5. The summed E-state index contributed by atoms with van der Waals surface area (Å²) in [5.41, 5.74) is 2.00. The number of esters is 1. The Hall–Kier alpha value is -2.67. The molecule has 0 saturated carbocycles. The summed E-state index contributed by atoms with van der Waals surface area (Å²) in [4.78, 5) is 25.7. The molecule has 0 fully saturated rings. The van der Waals surface area contributed by atoms with Gasteiger partial charge in [-0.1, -0.05) is 42.0 Å². The second-order valence-corrected chi connectivity index (χ2v) is 8.06. The van der Waals surface area contributed by atoms with Crippen molar-refractivity contribution in [3.8, 4) is 0 Å². The Kier molecular flexibility index (Phi) is 6.15. The summed E-state index contributed by atoms with van der Waals surface area (Å²) in [5.74, 6) is -1.22. The van der Waals surface area contributed by atoms with Crippen molar-refractivity contribution < 1.29 is 22.7 Å². The zero-order chi connectivity index (χ0) is 19.3. The molecule has 0 heterocycles. The number of likely N-dealkylation sites (N-methyl/N-ethyl adjacent to an activating group) is 1. The summed E-state index contributed by atoms with van der Waals surface area (Å²) in [5, 5.41) is 0. The molecule has 0 aromatic heterocycles. The molecule has 0 bridgehead atoms. The number of sulfone groups is 1. The maximum Gasteiger partial charge on any atom is 0.339 e. The van der Waals surface area contributed by atoms with Crippen LogP contribution < -0.4 is 0 Å². The smallest absolute Gasteiger partial charge is 0.339 e. The van der Waals surface area contributed by atoms with Crippen molar-refractivity contribution >= 4 is 21.7 Å². The van der Waals surface area contributed by atoms with Crippen LogP contribution in [0.5, 0.6) is 0 Å². The van der Waals surface area contributed by atoms with Gasteiger partial charge in [-0.25, -0.2) is 13.2 Å². The van der Waals surface area contributed by atoms with Gasteiger partial charge < -0.3 is 9.64 Å². The zero-order valence-corrected chi connectivity index (χ0v) is 15.7. The molecular formula is C19H21NO5S. The van der Waals surface area contributed by atoms with Crippen LogP contribution in [0.3, 0.4) is 0 Å². The van der Waals surface area contributed by atoms with E-state index in [4.69, 9.17) is 4.74 Å². The molecule has 138 valence electrons. The molecule has 7 heteroatoms. The quantitative estimate of drug-likeness (QED) is 0.723. The molecule has 26 heavy (non-hydrogen) atoms. The Morgan fingerprint density at radius 1 is 1.04 bits per heavy atom. The summed E-state index contributed by atoms with van der Waals surface area (Å²) in [6.45, 7) is 1.91. The van der Waals surface area contributed by atoms with Gasteiger partial charge in [-0.15, -0.1) is 0 Å². The molecule has 0 N–H and O–H groups in total. The van der Waals surface area contributed by atoms with Crippen LogP contribution in [0.2, 0.25) is 0 Å². The maximum atomic E-state index is 12.2. The average Bonchev–Trinajstić information content (AvgIpc) is 2.60. The van der Waals surface area contributed by atoms with Crippen molar-refractivity contribution in [3.05, 3.63) is 65.2 Å². The third-order valence-corrected chi connectivity index (χ3v) is 4.95. The van der Waals surface area contributed by atoms with Crippen molar-refractivity contribution in [2.75, 3.05) is 19.9 Å². The molecule has 0 radical (unpaired) electrons. The Morgan fingerprint density at radius 3 is 2.27 bits per heavy atom. The highest BCUT2D eigenvalue weighted by Gasteiger charge is 2.20. The highest BCUT2D eigenvalue weighted by Crippen LogP contribution is 2.16. The lowest BCUT2D eigenvalue weighted by atomic mass is 10.1. The summed E-state index contributed by atoms with van der Waals surface area (Å²) >= 11 is 0. The van der Waals surface area contributed by atoms with E-state index in [1.165, 1.54) is 29.2 Å². The monoisotopic (exact) mass is 375 g/mol. The number of hydrogen-bond donors (Lipinski definition) is 0. The Bertz CT molecular complexity index is 904. The van der Waals surface area contributed by atoms with E-state index in [9.17, 15) is 18.0 Å². The fraction of sp³-hybridized carbons (Fsp3) is 0.263. The van der Waals surface area contributed by atoms with Gasteiger partial charge in [-0.2, -0.15) is 0 Å². The van der Waals surface area contributed by atoms with Gasteiger partial charge in [0.25, 0.3) is 5.91 Å². The molecule has 0 unspecified atom stereocenters. The Labute approximate surface area is 153 Å². The normalized spacial score (nSPS) is 11.0. The molecule has 0 aliphatic rings. The maximum absolute atomic E-state index is 12.2. The van der Waals surface area contributed by atoms with Crippen molar-refractivity contribution in [2.24, 2.45) is 0 Å². The van der Waals surface area contributed by atoms with E-state index < -0.39 is 22.4 Å². The van der Waals surface area contributed by atoms with Crippen LogP contribution in [0, 0.1) is 6.92 Å². The largest absolute Gasteiger partial charge is 0.452 e. The standard InChI is InChI=1S/C19H21NO5S/c1-14-8-10-15(11-9-14)12-20(2)18(21)13-25-19(22)16-6-4-5-7-17(16)26(3,23)24/h4-11H,12-13H2,1-3H3. The number of rotatable bonds is 6. The van der Waals surface area contributed by atoms with Gasteiger partial charge in [-0.05, 0) is 24.6 Å². The molecule has 2 aromatic rings. The van der Waals surface area contributed by atoms with E-state index in [0.29, 0.717) is 6.54 Å². The van der Waals surface area contributed by atoms with E-state index in [1.54, 1.807) is 7.05 Å². The number of nitrogens with zero attached hydrogens (tertiary/aromatic N) is 1. The van der Waals surface area contributed by atoms with Gasteiger partial charge in [0.05, 0.1) is 10.5 Å². The van der Waals surface area contributed by atoms with E-state index in [0.717, 1.165) is 17.4 Å². The van der Waals surface area contributed by atoms with Crippen LogP contribution in [0.15, 0.2) is 53.4 Å². The van der Waals surface area contributed by atoms with Crippen molar-refractivity contribution in [3.63, 3.8) is 0 Å². The third kappa shape index (κ3) is 5.16. The van der Waals surface area contributed by atoms with Crippen molar-refractivity contribution in [1.82, 2.24) is 4.90 Å². The van der Waals surface area contributed by atoms with Crippen LogP contribution in [-0.2, 0) is 25.9 Å². The summed E-state index contributed by atoms with van der Waals surface area (Å²) in [7, 11) is -1.96. The minimum Gasteiger partial charge on any atom is -0.452 e. The summed E-state index contributed by atoms with van der Waals surface area (Å²) < 4.78 is 28.5. The molecule has 1 amide bonds. The van der Waals surface area contributed by atoms with E-state index >= 15 is 0 Å². The zero-order valence-electron chi connectivity index (χ0n) is 14.9. The Balaban J connectivity index is 1.99. The number of aryl methyl sites for hydroxylation is 1. The van der Waals surface area contributed by atoms with E-state index in [-0.39, 0.29) is 16.4 Å². The van der Waals surface area contributed by atoms with Crippen LogP contribution in [0.1, 0.15) is 21.5 Å². The van der Waals surface area contributed by atoms with Crippen LogP contribution in [0.4, 0.5) is 0 Å². The van der Waals surface area contributed by atoms with Crippen LogP contribution >= 0.6 is 0 Å². The molecule has 0 saturated heterocycles. The molecule has 0 spiro atoms. The lowest BCUT2D eigenvalue weighted by molar-refractivity contribution is -0.133. The molecule has 2 aromatic carbocycles. The number of benzene rings is 2. The van der Waals surface area contributed by atoms with Gasteiger partial charge in [0.1, 0.15) is 0 Å². The van der Waals surface area contributed by atoms with Gasteiger partial charge in [-0.3, -0.25) is 4.79 Å². The number of amides is 1. The number of carbonyl (C=O) groups excluding carboxylic acids is 2. The minimum atomic E-state index is -3.57. The fourth-order valence-corrected chi connectivity index (χ4v) is 3.21. The molecule has 0 atom stereocenters. The highest BCUT2D eigenvalue weighted by molar-refractivity contribution is 7.90. The second-order valence-electron chi connectivity index (χ2n) is 6.08. The first-order chi connectivity index (χ1) is 12.2. The number of carbonyl (C=O) groups is 2. The van der Waals surface area contributed by atoms with Crippen LogP contribution in [-0.4, -0.2) is 45.1 Å². The number of hydrogen-bond acceptors (Lipinski definition) is 5. The SMILES string of the molecule is Cc1ccc(CN(C)C(=O)COC(=O)c2ccccc2S(C)(=O)=O)cc1. The first-order valence-electron chi connectivity index (χ1n) is 7.94. The van der Waals surface area contributed by atoms with Gasteiger partial charge >= 0.3 is 5.97 Å². The lowest BCUT2D eigenvalue weighted by Crippen LogP contribution is -2.31. The summed E-state index contributed by atoms with van der Waals surface area (Å²) in [6.07, 6.45) is 1.01.